The molecule has 1 aromatic rings. The number of aliphatic hydroxyl groups excluding tert-OH is 1. The fourth-order valence-electron chi connectivity index (χ4n) is 2.64. The molecular formula is C15H24O. The minimum atomic E-state index is -0.227. The largest absolute Gasteiger partial charge is 0.392 e. The molecule has 16 heavy (non-hydrogen) atoms. The van der Waals surface area contributed by atoms with Gasteiger partial charge in [-0.3, -0.25) is 0 Å². The molecule has 1 rings (SSSR count). The molecule has 0 fully saturated rings. The molecule has 0 aromatic heterocycles. The van der Waals surface area contributed by atoms with E-state index in [9.17, 15) is 5.11 Å². The predicted octanol–water partition coefficient (Wildman–Crippen LogP) is 3.91. The molecule has 1 aromatic carbocycles. The first-order valence-corrected chi connectivity index (χ1v) is 6.44. The Morgan fingerprint density at radius 3 is 2.06 bits per heavy atom. The van der Waals surface area contributed by atoms with Crippen LogP contribution >= 0.6 is 0 Å². The van der Waals surface area contributed by atoms with Gasteiger partial charge >= 0.3 is 0 Å². The first-order chi connectivity index (χ1) is 7.71. The smallest absolute Gasteiger partial charge is 0.0636 e. The van der Waals surface area contributed by atoms with Crippen molar-refractivity contribution >= 4 is 0 Å². The summed E-state index contributed by atoms with van der Waals surface area (Å²) >= 11 is 0. The van der Waals surface area contributed by atoms with E-state index < -0.39 is 0 Å². The Hall–Kier alpha value is -0.820. The Balaban J connectivity index is 3.05. The molecular weight excluding hydrogens is 196 g/mol. The van der Waals surface area contributed by atoms with Gasteiger partial charge in [0, 0.05) is 5.41 Å². The van der Waals surface area contributed by atoms with Gasteiger partial charge in [0.1, 0.15) is 0 Å². The number of hydrogen-bond acceptors (Lipinski definition) is 1. The van der Waals surface area contributed by atoms with E-state index in [1.54, 1.807) is 0 Å². The summed E-state index contributed by atoms with van der Waals surface area (Å²) in [5.74, 6) is 0. The highest BCUT2D eigenvalue weighted by molar-refractivity contribution is 5.26. The summed E-state index contributed by atoms with van der Waals surface area (Å²) in [6, 6.07) is 10.5. The third kappa shape index (κ3) is 2.46. The van der Waals surface area contributed by atoms with Gasteiger partial charge in [-0.15, -0.1) is 0 Å². The van der Waals surface area contributed by atoms with Crippen LogP contribution in [0.1, 0.15) is 52.0 Å². The molecule has 0 heterocycles. The van der Waals surface area contributed by atoms with Crippen LogP contribution < -0.4 is 0 Å². The van der Waals surface area contributed by atoms with Crippen LogP contribution in [0.4, 0.5) is 0 Å². The van der Waals surface area contributed by atoms with Crippen molar-refractivity contribution in [1.82, 2.24) is 0 Å². The van der Waals surface area contributed by atoms with Crippen molar-refractivity contribution in [3.05, 3.63) is 35.9 Å². The van der Waals surface area contributed by atoms with Gasteiger partial charge in [0.15, 0.2) is 0 Å². The second-order valence-electron chi connectivity index (χ2n) is 4.53. The molecule has 90 valence electrons. The van der Waals surface area contributed by atoms with E-state index >= 15 is 0 Å². The third-order valence-electron chi connectivity index (χ3n) is 3.81. The van der Waals surface area contributed by atoms with Gasteiger partial charge in [-0.05, 0) is 24.8 Å². The van der Waals surface area contributed by atoms with Gasteiger partial charge in [0.25, 0.3) is 0 Å². The average molecular weight is 220 g/mol. The third-order valence-corrected chi connectivity index (χ3v) is 3.81. The fraction of sp³-hybridized carbons (Fsp3) is 0.600. The van der Waals surface area contributed by atoms with Crippen molar-refractivity contribution in [2.45, 2.75) is 58.0 Å². The summed E-state index contributed by atoms with van der Waals surface area (Å²) in [6.45, 7) is 6.48. The quantitative estimate of drug-likeness (QED) is 0.770. The molecule has 0 spiro atoms. The molecule has 1 heteroatoms. The van der Waals surface area contributed by atoms with Crippen LogP contribution in [-0.2, 0) is 5.41 Å². The number of benzene rings is 1. The summed E-state index contributed by atoms with van der Waals surface area (Å²) in [5.41, 5.74) is 1.22. The lowest BCUT2D eigenvalue weighted by Crippen LogP contribution is -2.38. The summed E-state index contributed by atoms with van der Waals surface area (Å²) in [6.07, 6.45) is 3.69. The second-order valence-corrected chi connectivity index (χ2v) is 4.53. The second kappa shape index (κ2) is 6.05. The van der Waals surface area contributed by atoms with Crippen LogP contribution in [0.15, 0.2) is 30.3 Å². The molecule has 0 amide bonds. The normalized spacial score (nSPS) is 13.8. The molecule has 1 nitrogen and oxygen atoms in total. The van der Waals surface area contributed by atoms with Crippen molar-refractivity contribution in [1.29, 1.82) is 0 Å². The zero-order valence-electron chi connectivity index (χ0n) is 10.7. The molecule has 1 N–H and O–H groups in total. The Morgan fingerprint density at radius 2 is 1.62 bits per heavy atom. The van der Waals surface area contributed by atoms with Crippen LogP contribution in [0.5, 0.6) is 0 Å². The van der Waals surface area contributed by atoms with Crippen LogP contribution in [0.2, 0.25) is 0 Å². The average Bonchev–Trinajstić information content (AvgIpc) is 2.33. The highest BCUT2D eigenvalue weighted by Gasteiger charge is 2.35. The minimum Gasteiger partial charge on any atom is -0.392 e. The Bertz CT molecular complexity index is 288. The molecule has 0 unspecified atom stereocenters. The lowest BCUT2D eigenvalue weighted by molar-refractivity contribution is 0.0649. The molecule has 0 saturated carbocycles. The van der Waals surface area contributed by atoms with Gasteiger partial charge in [0.05, 0.1) is 6.10 Å². The first-order valence-electron chi connectivity index (χ1n) is 6.44. The van der Waals surface area contributed by atoms with E-state index in [4.69, 9.17) is 0 Å². The minimum absolute atomic E-state index is 0.0583. The Labute approximate surface area is 99.5 Å². The Kier molecular flexibility index (Phi) is 5.01. The number of aliphatic hydroxyl groups is 1. The Morgan fingerprint density at radius 1 is 1.06 bits per heavy atom. The van der Waals surface area contributed by atoms with E-state index in [0.717, 1.165) is 25.7 Å². The lowest BCUT2D eigenvalue weighted by Gasteiger charge is -2.37. The molecule has 0 radical (unpaired) electrons. The maximum Gasteiger partial charge on any atom is 0.0636 e. The predicted molar refractivity (Wildman–Crippen MR) is 69.6 cm³/mol. The molecule has 0 aliphatic carbocycles. The summed E-state index contributed by atoms with van der Waals surface area (Å²) in [4.78, 5) is 0. The maximum atomic E-state index is 10.4. The van der Waals surface area contributed by atoms with Crippen LogP contribution in [-0.4, -0.2) is 11.2 Å². The van der Waals surface area contributed by atoms with Crippen molar-refractivity contribution in [3.63, 3.8) is 0 Å². The van der Waals surface area contributed by atoms with Crippen molar-refractivity contribution in [2.24, 2.45) is 0 Å². The number of rotatable bonds is 6. The van der Waals surface area contributed by atoms with E-state index in [1.165, 1.54) is 5.56 Å². The molecule has 1 atom stereocenters. The van der Waals surface area contributed by atoms with Crippen LogP contribution in [0.3, 0.4) is 0 Å². The van der Waals surface area contributed by atoms with Gasteiger partial charge < -0.3 is 5.11 Å². The van der Waals surface area contributed by atoms with Gasteiger partial charge in [-0.1, -0.05) is 57.5 Å². The van der Waals surface area contributed by atoms with Crippen LogP contribution in [0, 0.1) is 0 Å². The van der Waals surface area contributed by atoms with Gasteiger partial charge in [-0.25, -0.2) is 0 Å². The topological polar surface area (TPSA) is 20.2 Å². The fourth-order valence-corrected chi connectivity index (χ4v) is 2.64. The molecule has 0 aliphatic heterocycles. The highest BCUT2D eigenvalue weighted by Crippen LogP contribution is 2.36. The highest BCUT2D eigenvalue weighted by atomic mass is 16.3. The standard InChI is InChI=1S/C15H24O/c1-4-10-14(16)15(5-2,6-3)13-11-8-7-9-12-13/h7-9,11-12,14,16H,4-6,10H2,1-3H3/t14-/m0/s1. The zero-order valence-corrected chi connectivity index (χ0v) is 10.7. The van der Waals surface area contributed by atoms with Crippen molar-refractivity contribution in [3.8, 4) is 0 Å². The summed E-state index contributed by atoms with van der Waals surface area (Å²) in [7, 11) is 0. The lowest BCUT2D eigenvalue weighted by atomic mass is 9.70. The monoisotopic (exact) mass is 220 g/mol. The van der Waals surface area contributed by atoms with Gasteiger partial charge in [0.2, 0.25) is 0 Å². The van der Waals surface area contributed by atoms with Crippen LogP contribution in [0.25, 0.3) is 0 Å². The van der Waals surface area contributed by atoms with E-state index in [0.29, 0.717) is 0 Å². The molecule has 0 bridgehead atoms. The van der Waals surface area contributed by atoms with Crippen molar-refractivity contribution < 1.29 is 5.11 Å². The molecule has 0 aliphatic rings. The van der Waals surface area contributed by atoms with E-state index in [-0.39, 0.29) is 11.5 Å². The summed E-state index contributed by atoms with van der Waals surface area (Å²) in [5, 5.41) is 10.4. The van der Waals surface area contributed by atoms with E-state index in [2.05, 4.69) is 45.0 Å². The zero-order chi connectivity index (χ0) is 12.0. The maximum absolute atomic E-state index is 10.4. The molecule has 0 saturated heterocycles. The first kappa shape index (κ1) is 13.2. The van der Waals surface area contributed by atoms with E-state index in [1.807, 2.05) is 6.07 Å². The van der Waals surface area contributed by atoms with Crippen molar-refractivity contribution in [2.75, 3.05) is 0 Å². The number of hydrogen-bond donors (Lipinski definition) is 1. The van der Waals surface area contributed by atoms with Gasteiger partial charge in [-0.2, -0.15) is 0 Å². The summed E-state index contributed by atoms with van der Waals surface area (Å²) < 4.78 is 0. The SMILES string of the molecule is CCC[C@H](O)C(CC)(CC)c1ccccc1.